The maximum absolute atomic E-state index is 11.7. The molecule has 0 spiro atoms. The van der Waals surface area contributed by atoms with Crippen LogP contribution >= 0.6 is 0 Å². The lowest BCUT2D eigenvalue weighted by Crippen LogP contribution is -2.30. The van der Waals surface area contributed by atoms with Crippen molar-refractivity contribution in [3.8, 4) is 0 Å². The van der Waals surface area contributed by atoms with Gasteiger partial charge in [0.25, 0.3) is 0 Å². The maximum atomic E-state index is 11.7. The van der Waals surface area contributed by atoms with E-state index in [1.54, 1.807) is 25.2 Å². The molecule has 0 saturated heterocycles. The Balaban J connectivity index is 2.45. The number of esters is 1. The number of nitrogens with zero attached hydrogens (tertiary/aromatic N) is 1. The van der Waals surface area contributed by atoms with Gasteiger partial charge >= 0.3 is 5.97 Å². The van der Waals surface area contributed by atoms with Gasteiger partial charge in [0, 0.05) is 17.3 Å². The van der Waals surface area contributed by atoms with Crippen LogP contribution in [0, 0.1) is 5.92 Å². The number of hydrogen-bond acceptors (Lipinski definition) is 4. The number of methoxy groups -OCH3 is 1. The van der Waals surface area contributed by atoms with Gasteiger partial charge in [-0.05, 0) is 13.0 Å². The monoisotopic (exact) mass is 217 g/mol. The first kappa shape index (κ1) is 10.5. The highest BCUT2D eigenvalue weighted by Crippen LogP contribution is 2.23. The summed E-state index contributed by atoms with van der Waals surface area (Å²) in [7, 11) is 1.32. The Hall–Kier alpha value is -1.97. The van der Waals surface area contributed by atoms with Crippen LogP contribution in [0.3, 0.4) is 0 Å². The largest absolute Gasteiger partial charge is 0.468 e. The van der Waals surface area contributed by atoms with Crippen molar-refractivity contribution in [2.45, 2.75) is 6.92 Å². The van der Waals surface area contributed by atoms with E-state index in [0.717, 1.165) is 0 Å². The number of ether oxygens (including phenoxy) is 1. The molecule has 1 atom stereocenters. The predicted molar refractivity (Wildman–Crippen MR) is 58.9 cm³/mol. The minimum Gasteiger partial charge on any atom is -0.468 e. The molecule has 0 radical (unpaired) electrons. The zero-order valence-electron chi connectivity index (χ0n) is 9.06. The van der Waals surface area contributed by atoms with Gasteiger partial charge in [-0.3, -0.25) is 14.6 Å². The lowest BCUT2D eigenvalue weighted by Gasteiger charge is -2.20. The number of rotatable bonds is 1. The van der Waals surface area contributed by atoms with Crippen molar-refractivity contribution < 1.29 is 14.3 Å². The van der Waals surface area contributed by atoms with Crippen molar-refractivity contribution in [1.82, 2.24) is 0 Å². The first-order chi connectivity index (χ1) is 7.63. The van der Waals surface area contributed by atoms with Crippen LogP contribution < -0.4 is 0 Å². The van der Waals surface area contributed by atoms with E-state index in [9.17, 15) is 9.59 Å². The fraction of sp³-hybridized carbons (Fsp3) is 0.250. The minimum absolute atomic E-state index is 0.110. The highest BCUT2D eigenvalue weighted by Gasteiger charge is 2.31. The van der Waals surface area contributed by atoms with Crippen LogP contribution in [0.2, 0.25) is 0 Å². The lowest BCUT2D eigenvalue weighted by molar-refractivity contribution is -0.141. The van der Waals surface area contributed by atoms with E-state index < -0.39 is 11.9 Å². The van der Waals surface area contributed by atoms with Gasteiger partial charge in [0.1, 0.15) is 5.92 Å². The summed E-state index contributed by atoms with van der Waals surface area (Å²) in [5.74, 6) is -1.08. The molecule has 0 aromatic rings. The summed E-state index contributed by atoms with van der Waals surface area (Å²) in [6, 6.07) is 0. The molecular formula is C12H11NO3. The second kappa shape index (κ2) is 3.89. The van der Waals surface area contributed by atoms with Crippen LogP contribution in [-0.2, 0) is 14.3 Å². The van der Waals surface area contributed by atoms with Crippen molar-refractivity contribution in [1.29, 1.82) is 0 Å². The van der Waals surface area contributed by atoms with E-state index in [0.29, 0.717) is 17.0 Å². The Morgan fingerprint density at radius 3 is 2.94 bits per heavy atom. The molecule has 16 heavy (non-hydrogen) atoms. The predicted octanol–water partition coefficient (Wildman–Crippen LogP) is 1.20. The molecule has 0 fully saturated rings. The first-order valence-corrected chi connectivity index (χ1v) is 4.91. The topological polar surface area (TPSA) is 55.7 Å². The van der Waals surface area contributed by atoms with E-state index in [1.807, 2.05) is 0 Å². The fourth-order valence-electron chi connectivity index (χ4n) is 1.75. The quantitative estimate of drug-likeness (QED) is 0.620. The van der Waals surface area contributed by atoms with E-state index in [4.69, 9.17) is 0 Å². The number of fused-ring (bicyclic) bond motifs is 1. The molecule has 1 aliphatic carbocycles. The SMILES string of the molecule is COC(=O)C1C=CC=C2C(=O)C=C(C)N=C21. The van der Waals surface area contributed by atoms with Crippen molar-refractivity contribution in [2.75, 3.05) is 7.11 Å². The number of allylic oxidation sites excluding steroid dienone is 5. The van der Waals surface area contributed by atoms with Crippen molar-refractivity contribution in [3.05, 3.63) is 35.6 Å². The fourth-order valence-corrected chi connectivity index (χ4v) is 1.75. The maximum Gasteiger partial charge on any atom is 0.318 e. The van der Waals surface area contributed by atoms with Gasteiger partial charge in [0.15, 0.2) is 5.78 Å². The van der Waals surface area contributed by atoms with Crippen LogP contribution in [0.15, 0.2) is 40.6 Å². The normalized spacial score (nSPS) is 23.0. The first-order valence-electron chi connectivity index (χ1n) is 4.91. The molecule has 4 nitrogen and oxygen atoms in total. The number of carbonyl (C=O) groups is 2. The van der Waals surface area contributed by atoms with E-state index in [-0.39, 0.29) is 5.78 Å². The highest BCUT2D eigenvalue weighted by atomic mass is 16.5. The summed E-state index contributed by atoms with van der Waals surface area (Å²) in [5.41, 5.74) is 1.57. The average Bonchev–Trinajstić information content (AvgIpc) is 2.27. The third kappa shape index (κ3) is 1.62. The zero-order valence-corrected chi connectivity index (χ0v) is 9.06. The summed E-state index contributed by atoms with van der Waals surface area (Å²) < 4.78 is 4.68. The van der Waals surface area contributed by atoms with Crippen LogP contribution in [0.25, 0.3) is 0 Å². The number of hydrogen-bond donors (Lipinski definition) is 0. The molecule has 82 valence electrons. The number of aliphatic imine (C=N–C) groups is 1. The van der Waals surface area contributed by atoms with Gasteiger partial charge < -0.3 is 4.74 Å². The summed E-state index contributed by atoms with van der Waals surface area (Å²) >= 11 is 0. The molecule has 0 aromatic heterocycles. The molecule has 0 aromatic carbocycles. The summed E-state index contributed by atoms with van der Waals surface area (Å²) in [5, 5.41) is 0. The third-order valence-corrected chi connectivity index (χ3v) is 2.49. The van der Waals surface area contributed by atoms with Gasteiger partial charge in [0.05, 0.1) is 12.8 Å². The Labute approximate surface area is 93.0 Å². The average molecular weight is 217 g/mol. The number of ketones is 1. The molecule has 0 N–H and O–H groups in total. The molecule has 1 heterocycles. The summed E-state index contributed by atoms with van der Waals surface area (Å²) in [6.45, 7) is 1.73. The molecule has 1 aliphatic heterocycles. The van der Waals surface area contributed by atoms with E-state index in [2.05, 4.69) is 9.73 Å². The van der Waals surface area contributed by atoms with Crippen molar-refractivity contribution >= 4 is 17.5 Å². The smallest absolute Gasteiger partial charge is 0.318 e. The van der Waals surface area contributed by atoms with Gasteiger partial charge in [-0.25, -0.2) is 0 Å². The molecule has 4 heteroatoms. The number of carbonyl (C=O) groups excluding carboxylic acids is 2. The van der Waals surface area contributed by atoms with E-state index in [1.165, 1.54) is 13.2 Å². The molecule has 0 bridgehead atoms. The van der Waals surface area contributed by atoms with Crippen molar-refractivity contribution in [2.24, 2.45) is 10.9 Å². The van der Waals surface area contributed by atoms with Crippen LogP contribution in [0.5, 0.6) is 0 Å². The van der Waals surface area contributed by atoms with Gasteiger partial charge in [0.2, 0.25) is 0 Å². The Morgan fingerprint density at radius 1 is 1.50 bits per heavy atom. The van der Waals surface area contributed by atoms with Crippen LogP contribution in [-0.4, -0.2) is 24.6 Å². The lowest BCUT2D eigenvalue weighted by atomic mass is 9.87. The molecule has 2 aliphatic rings. The molecule has 0 amide bonds. The summed E-state index contributed by atoms with van der Waals surface area (Å²) in [4.78, 5) is 27.4. The standard InChI is InChI=1S/C12H11NO3/c1-7-6-10(14)8-4-3-5-9(11(8)13-7)12(15)16-2/h3-6,9H,1-2H3. The highest BCUT2D eigenvalue weighted by molar-refractivity contribution is 6.32. The van der Waals surface area contributed by atoms with Gasteiger partial charge in [-0.1, -0.05) is 12.2 Å². The molecule has 1 unspecified atom stereocenters. The van der Waals surface area contributed by atoms with Gasteiger partial charge in [-0.2, -0.15) is 0 Å². The van der Waals surface area contributed by atoms with Crippen molar-refractivity contribution in [3.63, 3.8) is 0 Å². The third-order valence-electron chi connectivity index (χ3n) is 2.49. The second-order valence-electron chi connectivity index (χ2n) is 3.61. The molecular weight excluding hydrogens is 206 g/mol. The van der Waals surface area contributed by atoms with Crippen LogP contribution in [0.4, 0.5) is 0 Å². The second-order valence-corrected chi connectivity index (χ2v) is 3.61. The Kier molecular flexibility index (Phi) is 2.56. The summed E-state index contributed by atoms with van der Waals surface area (Å²) in [6.07, 6.45) is 6.49. The Bertz CT molecular complexity index is 480. The Morgan fingerprint density at radius 2 is 2.25 bits per heavy atom. The van der Waals surface area contributed by atoms with E-state index >= 15 is 0 Å². The molecule has 0 saturated carbocycles. The van der Waals surface area contributed by atoms with Gasteiger partial charge in [-0.15, -0.1) is 0 Å². The molecule has 2 rings (SSSR count). The minimum atomic E-state index is -0.572. The zero-order chi connectivity index (χ0) is 11.7. The van der Waals surface area contributed by atoms with Crippen LogP contribution in [0.1, 0.15) is 6.92 Å².